The molecule has 0 aliphatic carbocycles. The van der Waals surface area contributed by atoms with E-state index in [0.717, 1.165) is 23.4 Å². The first-order chi connectivity index (χ1) is 18.3. The third-order valence-electron chi connectivity index (χ3n) is 6.48. The molecule has 0 bridgehead atoms. The second-order valence-corrected chi connectivity index (χ2v) is 10.9. The Morgan fingerprint density at radius 1 is 1.15 bits per heavy atom. The number of aliphatic imine (C=N–C) groups is 1. The van der Waals surface area contributed by atoms with Gasteiger partial charge in [0.2, 0.25) is 15.6 Å². The molecular weight excluding hydrogens is 542 g/mol. The van der Waals surface area contributed by atoms with Gasteiger partial charge in [0.05, 0.1) is 30.2 Å². The highest BCUT2D eigenvalue weighted by Crippen LogP contribution is 2.51. The van der Waals surface area contributed by atoms with Gasteiger partial charge in [0, 0.05) is 29.3 Å². The zero-order valence-corrected chi connectivity index (χ0v) is 21.0. The summed E-state index contributed by atoms with van der Waals surface area (Å²) >= 11 is 0. The fourth-order valence-electron chi connectivity index (χ4n) is 4.82. The molecule has 0 radical (unpaired) electrons. The van der Waals surface area contributed by atoms with Gasteiger partial charge in [0.25, 0.3) is 5.91 Å². The van der Waals surface area contributed by atoms with E-state index in [0.29, 0.717) is 11.2 Å². The number of allylic oxidation sites excluding steroid dienone is 1. The van der Waals surface area contributed by atoms with Crippen LogP contribution in [0.4, 0.5) is 17.6 Å². The Morgan fingerprint density at radius 2 is 1.87 bits per heavy atom. The van der Waals surface area contributed by atoms with Gasteiger partial charge < -0.3 is 10.0 Å². The highest BCUT2D eigenvalue weighted by atomic mass is 32.2. The summed E-state index contributed by atoms with van der Waals surface area (Å²) in [7, 11) is -3.90. The number of aliphatic hydroxyl groups is 1. The van der Waals surface area contributed by atoms with Crippen LogP contribution in [0.15, 0.2) is 77.6 Å². The van der Waals surface area contributed by atoms with Crippen molar-refractivity contribution in [2.24, 2.45) is 10.9 Å². The van der Waals surface area contributed by atoms with Crippen LogP contribution in [0.25, 0.3) is 16.6 Å². The predicted molar refractivity (Wildman–Crippen MR) is 134 cm³/mol. The zero-order chi connectivity index (χ0) is 28.2. The Morgan fingerprint density at radius 3 is 2.54 bits per heavy atom. The van der Waals surface area contributed by atoms with Gasteiger partial charge in [-0.2, -0.15) is 18.3 Å². The molecule has 9 nitrogen and oxygen atoms in total. The van der Waals surface area contributed by atoms with Gasteiger partial charge in [-0.3, -0.25) is 14.5 Å². The summed E-state index contributed by atoms with van der Waals surface area (Å²) in [4.78, 5) is 17.6. The van der Waals surface area contributed by atoms with Gasteiger partial charge in [0.15, 0.2) is 0 Å². The van der Waals surface area contributed by atoms with Crippen LogP contribution < -0.4 is 4.72 Å². The molecule has 14 heteroatoms. The summed E-state index contributed by atoms with van der Waals surface area (Å²) in [6.45, 7) is -0.611. The maximum absolute atomic E-state index is 14.7. The van der Waals surface area contributed by atoms with Crippen molar-refractivity contribution in [3.63, 3.8) is 0 Å². The molecular formula is C25H21F4N5O4S. The molecule has 1 amide bonds. The van der Waals surface area contributed by atoms with E-state index >= 15 is 0 Å². The normalized spacial score (nSPS) is 20.6. The Balaban J connectivity index is 1.58. The molecule has 1 aromatic heterocycles. The average molecular weight is 564 g/mol. The van der Waals surface area contributed by atoms with Crippen molar-refractivity contribution in [2.45, 2.75) is 17.9 Å². The van der Waals surface area contributed by atoms with Gasteiger partial charge in [-0.1, -0.05) is 12.1 Å². The molecule has 204 valence electrons. The minimum Gasteiger partial charge on any atom is -0.372 e. The monoisotopic (exact) mass is 563 g/mol. The van der Waals surface area contributed by atoms with Crippen LogP contribution in [-0.2, 0) is 20.4 Å². The summed E-state index contributed by atoms with van der Waals surface area (Å²) in [5.41, 5.74) is -3.54. The first-order valence-corrected chi connectivity index (χ1v) is 13.4. The lowest BCUT2D eigenvalue weighted by Gasteiger charge is -2.35. The van der Waals surface area contributed by atoms with Gasteiger partial charge in [-0.15, -0.1) is 0 Å². The predicted octanol–water partition coefficient (Wildman–Crippen LogP) is 2.77. The number of sulfonamides is 1. The number of halogens is 4. The van der Waals surface area contributed by atoms with Gasteiger partial charge in [0.1, 0.15) is 12.0 Å². The summed E-state index contributed by atoms with van der Waals surface area (Å²) < 4.78 is 83.6. The van der Waals surface area contributed by atoms with E-state index in [2.05, 4.69) is 10.1 Å². The number of rotatable bonds is 6. The summed E-state index contributed by atoms with van der Waals surface area (Å²) in [6, 6.07) is 9.06. The lowest BCUT2D eigenvalue weighted by molar-refractivity contribution is -0.251. The lowest BCUT2D eigenvalue weighted by Crippen LogP contribution is -2.46. The fourth-order valence-corrected chi connectivity index (χ4v) is 5.29. The van der Waals surface area contributed by atoms with Gasteiger partial charge in [-0.25, -0.2) is 17.5 Å². The Bertz CT molecular complexity index is 1650. The number of amides is 1. The van der Waals surface area contributed by atoms with Crippen molar-refractivity contribution in [1.82, 2.24) is 19.4 Å². The van der Waals surface area contributed by atoms with E-state index < -0.39 is 63.3 Å². The van der Waals surface area contributed by atoms with Crippen LogP contribution >= 0.6 is 0 Å². The number of benzene rings is 2. The van der Waals surface area contributed by atoms with Crippen LogP contribution in [0, 0.1) is 11.7 Å². The second kappa shape index (κ2) is 9.31. The molecule has 2 aliphatic rings. The van der Waals surface area contributed by atoms with Gasteiger partial charge >= 0.3 is 6.18 Å². The number of nitrogens with zero attached hydrogens (tertiary/aromatic N) is 4. The van der Waals surface area contributed by atoms with E-state index in [1.54, 1.807) is 4.72 Å². The maximum atomic E-state index is 14.7. The van der Waals surface area contributed by atoms with Crippen molar-refractivity contribution >= 4 is 33.0 Å². The number of carbonyl (C=O) groups excluding carboxylic acids is 1. The molecule has 0 saturated heterocycles. The second-order valence-electron chi connectivity index (χ2n) is 9.19. The molecule has 3 unspecified atom stereocenters. The first kappa shape index (κ1) is 26.6. The number of alkyl halides is 3. The number of hydrogen-bond donors (Lipinski definition) is 2. The first-order valence-electron chi connectivity index (χ1n) is 11.5. The van der Waals surface area contributed by atoms with Crippen LogP contribution in [0.5, 0.6) is 0 Å². The van der Waals surface area contributed by atoms with Gasteiger partial charge in [-0.05, 0) is 48.0 Å². The van der Waals surface area contributed by atoms with E-state index in [9.17, 15) is 35.9 Å². The Hall–Kier alpha value is -4.04. The van der Waals surface area contributed by atoms with E-state index in [1.165, 1.54) is 65.6 Å². The van der Waals surface area contributed by atoms with Crippen LogP contribution in [0.1, 0.15) is 5.56 Å². The number of carbonyl (C=O) groups is 1. The third kappa shape index (κ3) is 4.81. The average Bonchev–Trinajstić information content (AvgIpc) is 3.44. The number of fused-ring (bicyclic) bond motifs is 2. The fraction of sp³-hybridized carbons (Fsp3) is 0.240. The number of aromatic nitrogens is 2. The minimum absolute atomic E-state index is 0.288. The molecule has 3 aromatic rings. The molecule has 2 N–H and O–H groups in total. The topological polar surface area (TPSA) is 117 Å². The van der Waals surface area contributed by atoms with Crippen molar-refractivity contribution in [3.05, 3.63) is 84.0 Å². The third-order valence-corrected chi connectivity index (χ3v) is 7.08. The summed E-state index contributed by atoms with van der Waals surface area (Å²) in [5, 5.41) is 15.9. The van der Waals surface area contributed by atoms with Crippen molar-refractivity contribution in [2.75, 3.05) is 12.8 Å². The summed E-state index contributed by atoms with van der Waals surface area (Å²) in [6.07, 6.45) is 1.13. The molecule has 2 aliphatic heterocycles. The van der Waals surface area contributed by atoms with Crippen LogP contribution in [0.3, 0.4) is 0 Å². The largest absolute Gasteiger partial charge is 0.425 e. The molecule has 5 rings (SSSR count). The SMILES string of the molecule is CS(=O)(=O)NC(=O)CN1C=C(C(O)(c2ccc3c(cnn3-c3ccc(F)cc3)c2)C(F)(F)F)C2C=CC=NC21. The number of nitrogens with one attached hydrogen (secondary N) is 1. The maximum Gasteiger partial charge on any atom is 0.425 e. The van der Waals surface area contributed by atoms with Crippen molar-refractivity contribution < 1.29 is 35.9 Å². The van der Waals surface area contributed by atoms with Crippen LogP contribution in [0.2, 0.25) is 0 Å². The molecule has 0 spiro atoms. The van der Waals surface area contributed by atoms with Crippen molar-refractivity contribution in [3.8, 4) is 5.69 Å². The van der Waals surface area contributed by atoms with E-state index in [-0.39, 0.29) is 5.39 Å². The molecule has 0 fully saturated rings. The van der Waals surface area contributed by atoms with Crippen LogP contribution in [-0.4, -0.2) is 65.5 Å². The highest BCUT2D eigenvalue weighted by molar-refractivity contribution is 7.89. The number of dihydropyridines is 1. The smallest absolute Gasteiger partial charge is 0.372 e. The molecule has 3 atom stereocenters. The Kier molecular flexibility index (Phi) is 6.34. The molecule has 39 heavy (non-hydrogen) atoms. The Labute approximate surface area is 219 Å². The zero-order valence-electron chi connectivity index (χ0n) is 20.2. The quantitative estimate of drug-likeness (QED) is 0.446. The number of hydrogen-bond acceptors (Lipinski definition) is 7. The van der Waals surface area contributed by atoms with E-state index in [4.69, 9.17) is 0 Å². The lowest BCUT2D eigenvalue weighted by atomic mass is 9.78. The van der Waals surface area contributed by atoms with E-state index in [1.807, 2.05) is 0 Å². The molecule has 2 aromatic carbocycles. The van der Waals surface area contributed by atoms with Crippen molar-refractivity contribution in [1.29, 1.82) is 0 Å². The molecule has 0 saturated carbocycles. The molecule has 3 heterocycles. The minimum atomic E-state index is -5.19. The summed E-state index contributed by atoms with van der Waals surface area (Å²) in [5.74, 6) is -2.49. The highest BCUT2D eigenvalue weighted by Gasteiger charge is 2.61. The standard InChI is InChI=1S/C25H21F4N5O4S/c1-39(37,38)32-22(35)14-33-13-20(19-3-2-10-30-23(19)33)24(36,25(27,28)29)16-4-9-21-15(11-16)12-31-34(21)18-7-5-17(26)6-8-18/h2-13,19,23,36H,14H2,1H3,(H,32,35).